The number of aliphatic hydroxyl groups excluding tert-OH is 2. The lowest BCUT2D eigenvalue weighted by Crippen LogP contribution is -2.61. The minimum atomic E-state index is -1.27. The fraction of sp³-hybridized carbons (Fsp3) is 0.556. The normalized spacial score (nSPS) is 26.8. The highest BCUT2D eigenvalue weighted by atomic mass is 16.7. The van der Waals surface area contributed by atoms with Crippen molar-refractivity contribution in [1.82, 2.24) is 0 Å². The second kappa shape index (κ2) is 12.5. The number of hydrogen-bond donors (Lipinski definition) is 2. The van der Waals surface area contributed by atoms with Crippen LogP contribution in [0.15, 0.2) is 42.5 Å². The summed E-state index contributed by atoms with van der Waals surface area (Å²) in [4.78, 5) is 0. The summed E-state index contributed by atoms with van der Waals surface area (Å²) in [5.74, 6) is 2.88. The molecular weight excluding hydrogens is 468 g/mol. The monoisotopic (exact) mass is 504 g/mol. The summed E-state index contributed by atoms with van der Waals surface area (Å²) in [6.45, 7) is -0.0334. The molecule has 5 atom stereocenters. The zero-order chi connectivity index (χ0) is 25.5. The molecule has 0 amide bonds. The maximum absolute atomic E-state index is 10.8. The lowest BCUT2D eigenvalue weighted by atomic mass is 9.98. The maximum atomic E-state index is 10.8. The SMILES string of the molecule is COc1cc(OC)cc(OC[C@H]2O[C@H](OC)[C@H](Oc3ccc(OC4CCCCC4)cc3)[C@@H](O)[C@@H]2O)c1. The molecule has 1 aliphatic heterocycles. The second-order valence-corrected chi connectivity index (χ2v) is 9.05. The Morgan fingerprint density at radius 2 is 1.33 bits per heavy atom. The van der Waals surface area contributed by atoms with E-state index in [-0.39, 0.29) is 12.7 Å². The van der Waals surface area contributed by atoms with Gasteiger partial charge in [-0.2, -0.15) is 0 Å². The van der Waals surface area contributed by atoms with Gasteiger partial charge in [0.05, 0.1) is 20.3 Å². The van der Waals surface area contributed by atoms with Crippen molar-refractivity contribution in [2.45, 2.75) is 68.9 Å². The Kier molecular flexibility index (Phi) is 9.14. The zero-order valence-corrected chi connectivity index (χ0v) is 21.0. The van der Waals surface area contributed by atoms with Crippen molar-refractivity contribution in [1.29, 1.82) is 0 Å². The van der Waals surface area contributed by atoms with Gasteiger partial charge >= 0.3 is 0 Å². The molecule has 2 fully saturated rings. The van der Waals surface area contributed by atoms with Crippen LogP contribution in [0.2, 0.25) is 0 Å². The third kappa shape index (κ3) is 6.53. The Hall–Kier alpha value is -2.72. The predicted molar refractivity (Wildman–Crippen MR) is 131 cm³/mol. The molecule has 36 heavy (non-hydrogen) atoms. The molecule has 9 nitrogen and oxygen atoms in total. The van der Waals surface area contributed by atoms with Crippen LogP contribution in [0.5, 0.6) is 28.7 Å². The van der Waals surface area contributed by atoms with Gasteiger partial charge < -0.3 is 43.4 Å². The summed E-state index contributed by atoms with van der Waals surface area (Å²) in [6.07, 6.45) is 0.834. The molecule has 0 unspecified atom stereocenters. The Morgan fingerprint density at radius 3 is 1.92 bits per heavy atom. The van der Waals surface area contributed by atoms with E-state index in [9.17, 15) is 10.2 Å². The van der Waals surface area contributed by atoms with E-state index in [1.54, 1.807) is 44.6 Å². The van der Waals surface area contributed by atoms with Crippen molar-refractivity contribution in [3.8, 4) is 28.7 Å². The minimum absolute atomic E-state index is 0.0334. The molecule has 2 aliphatic rings. The first-order valence-electron chi connectivity index (χ1n) is 12.3. The van der Waals surface area contributed by atoms with Crippen LogP contribution in [0.4, 0.5) is 0 Å². The summed E-state index contributed by atoms with van der Waals surface area (Å²) in [6, 6.07) is 12.3. The van der Waals surface area contributed by atoms with Crippen LogP contribution >= 0.6 is 0 Å². The average Bonchev–Trinajstić information content (AvgIpc) is 2.92. The first kappa shape index (κ1) is 26.3. The van der Waals surface area contributed by atoms with Crippen molar-refractivity contribution < 1.29 is 43.4 Å². The lowest BCUT2D eigenvalue weighted by Gasteiger charge is -2.41. The summed E-state index contributed by atoms with van der Waals surface area (Å²) in [7, 11) is 4.55. The molecule has 2 aromatic rings. The molecule has 0 spiro atoms. The van der Waals surface area contributed by atoms with E-state index >= 15 is 0 Å². The molecule has 2 aromatic carbocycles. The van der Waals surface area contributed by atoms with E-state index in [4.69, 9.17) is 33.2 Å². The van der Waals surface area contributed by atoms with Crippen LogP contribution in [-0.2, 0) is 9.47 Å². The van der Waals surface area contributed by atoms with Crippen LogP contribution < -0.4 is 23.7 Å². The van der Waals surface area contributed by atoms with E-state index in [1.165, 1.54) is 26.4 Å². The Labute approximate surface area is 211 Å². The predicted octanol–water partition coefficient (Wildman–Crippen LogP) is 3.33. The van der Waals surface area contributed by atoms with Crippen molar-refractivity contribution in [3.63, 3.8) is 0 Å². The van der Waals surface area contributed by atoms with Gasteiger partial charge in [0.1, 0.15) is 53.7 Å². The van der Waals surface area contributed by atoms with Gasteiger partial charge in [0, 0.05) is 25.3 Å². The van der Waals surface area contributed by atoms with Gasteiger partial charge in [-0.1, -0.05) is 6.42 Å². The number of methoxy groups -OCH3 is 3. The lowest BCUT2D eigenvalue weighted by molar-refractivity contribution is -0.287. The molecule has 0 bridgehead atoms. The standard InChI is InChI=1S/C27H36O9/c1-30-20-13-21(31-2)15-22(14-20)33-16-23-24(28)25(29)26(27(32-3)36-23)35-19-11-9-18(10-12-19)34-17-7-5-4-6-8-17/h9-15,17,23-29H,4-8,16H2,1-3H3/t23-,24-,25+,26-,27+/m1/s1. The van der Waals surface area contributed by atoms with Crippen molar-refractivity contribution >= 4 is 0 Å². The van der Waals surface area contributed by atoms with Gasteiger partial charge in [-0.3, -0.25) is 0 Å². The van der Waals surface area contributed by atoms with Gasteiger partial charge in [0.25, 0.3) is 0 Å². The minimum Gasteiger partial charge on any atom is -0.496 e. The first-order chi connectivity index (χ1) is 17.5. The van der Waals surface area contributed by atoms with Crippen LogP contribution in [-0.4, -0.2) is 75.0 Å². The van der Waals surface area contributed by atoms with E-state index in [0.717, 1.165) is 18.6 Å². The molecule has 2 N–H and O–H groups in total. The molecule has 0 radical (unpaired) electrons. The first-order valence-corrected chi connectivity index (χ1v) is 12.3. The van der Waals surface area contributed by atoms with E-state index < -0.39 is 30.7 Å². The van der Waals surface area contributed by atoms with Gasteiger partial charge in [0.15, 0.2) is 12.4 Å². The molecule has 9 heteroatoms. The largest absolute Gasteiger partial charge is 0.496 e. The zero-order valence-electron chi connectivity index (χ0n) is 21.0. The fourth-order valence-electron chi connectivity index (χ4n) is 4.53. The fourth-order valence-corrected chi connectivity index (χ4v) is 4.53. The summed E-state index contributed by atoms with van der Waals surface area (Å²) in [5.41, 5.74) is 0. The summed E-state index contributed by atoms with van der Waals surface area (Å²) in [5, 5.41) is 21.6. The van der Waals surface area contributed by atoms with Crippen molar-refractivity contribution in [2.75, 3.05) is 27.9 Å². The van der Waals surface area contributed by atoms with Gasteiger partial charge in [0.2, 0.25) is 0 Å². The van der Waals surface area contributed by atoms with Gasteiger partial charge in [-0.15, -0.1) is 0 Å². The molecule has 1 heterocycles. The van der Waals surface area contributed by atoms with Crippen LogP contribution in [0.1, 0.15) is 32.1 Å². The van der Waals surface area contributed by atoms with Gasteiger partial charge in [-0.05, 0) is 49.9 Å². The van der Waals surface area contributed by atoms with Crippen molar-refractivity contribution in [2.24, 2.45) is 0 Å². The molecule has 1 saturated heterocycles. The highest BCUT2D eigenvalue weighted by Gasteiger charge is 2.46. The number of benzene rings is 2. The highest BCUT2D eigenvalue weighted by molar-refractivity contribution is 5.42. The van der Waals surface area contributed by atoms with Gasteiger partial charge in [-0.25, -0.2) is 0 Å². The molecule has 1 aliphatic carbocycles. The average molecular weight is 505 g/mol. The molecule has 1 saturated carbocycles. The molecule has 198 valence electrons. The topological polar surface area (TPSA) is 105 Å². The van der Waals surface area contributed by atoms with E-state index in [0.29, 0.717) is 23.0 Å². The van der Waals surface area contributed by atoms with Crippen molar-refractivity contribution in [3.05, 3.63) is 42.5 Å². The number of ether oxygens (including phenoxy) is 7. The third-order valence-electron chi connectivity index (χ3n) is 6.57. The van der Waals surface area contributed by atoms with Crippen LogP contribution in [0.25, 0.3) is 0 Å². The molecule has 0 aromatic heterocycles. The quantitative estimate of drug-likeness (QED) is 0.504. The van der Waals surface area contributed by atoms with E-state index in [2.05, 4.69) is 0 Å². The summed E-state index contributed by atoms with van der Waals surface area (Å²) >= 11 is 0. The second-order valence-electron chi connectivity index (χ2n) is 9.05. The Bertz CT molecular complexity index is 921. The smallest absolute Gasteiger partial charge is 0.197 e. The number of rotatable bonds is 10. The third-order valence-corrected chi connectivity index (χ3v) is 6.57. The Morgan fingerprint density at radius 1 is 0.750 bits per heavy atom. The number of hydrogen-bond acceptors (Lipinski definition) is 9. The van der Waals surface area contributed by atoms with Crippen LogP contribution in [0, 0.1) is 0 Å². The highest BCUT2D eigenvalue weighted by Crippen LogP contribution is 2.31. The summed E-state index contributed by atoms with van der Waals surface area (Å²) < 4.78 is 39.7. The Balaban J connectivity index is 1.35. The van der Waals surface area contributed by atoms with E-state index in [1.807, 2.05) is 12.1 Å². The van der Waals surface area contributed by atoms with Crippen LogP contribution in [0.3, 0.4) is 0 Å². The maximum Gasteiger partial charge on any atom is 0.197 e. The molecule has 4 rings (SSSR count). The number of aliphatic hydroxyl groups is 2. The molecular formula is C27H36O9.